The molecule has 0 aliphatic carbocycles. The Morgan fingerprint density at radius 2 is 1.76 bits per heavy atom. The fourth-order valence-electron chi connectivity index (χ4n) is 2.71. The van der Waals surface area contributed by atoms with Crippen LogP contribution < -0.4 is 0 Å². The summed E-state index contributed by atoms with van der Waals surface area (Å²) in [6.07, 6.45) is 4.71. The summed E-state index contributed by atoms with van der Waals surface area (Å²) in [4.78, 5) is 0. The number of benzene rings is 1. The standard InChI is InChI=1S/C18H26N2O/c1-5-17(6-2)20-12-11-16(19-20)13-18(4,21)15-9-7-14(3)8-10-15/h7-12,17,21H,5-6,13H2,1-4H3. The number of hydrogen-bond acceptors (Lipinski definition) is 2. The second-order valence-electron chi connectivity index (χ2n) is 6.07. The third-order valence-electron chi connectivity index (χ3n) is 4.18. The van der Waals surface area contributed by atoms with Gasteiger partial charge in [0.25, 0.3) is 0 Å². The fraction of sp³-hybridized carbons (Fsp3) is 0.500. The second kappa shape index (κ2) is 6.44. The van der Waals surface area contributed by atoms with Crippen LogP contribution in [-0.2, 0) is 12.0 Å². The zero-order valence-corrected chi connectivity index (χ0v) is 13.5. The maximum absolute atomic E-state index is 10.7. The molecular weight excluding hydrogens is 260 g/mol. The summed E-state index contributed by atoms with van der Waals surface area (Å²) in [5.74, 6) is 0. The monoisotopic (exact) mass is 286 g/mol. The minimum atomic E-state index is -0.888. The molecule has 1 unspecified atom stereocenters. The Balaban J connectivity index is 2.15. The molecule has 0 saturated carbocycles. The van der Waals surface area contributed by atoms with Gasteiger partial charge in [0, 0.05) is 12.6 Å². The zero-order chi connectivity index (χ0) is 15.5. The van der Waals surface area contributed by atoms with E-state index in [0.717, 1.165) is 24.1 Å². The molecule has 0 aliphatic rings. The highest BCUT2D eigenvalue weighted by Gasteiger charge is 2.25. The predicted octanol–water partition coefficient (Wildman–Crippen LogP) is 4.00. The van der Waals surface area contributed by atoms with Gasteiger partial charge in [-0.05, 0) is 38.3 Å². The molecular formula is C18H26N2O. The van der Waals surface area contributed by atoms with Gasteiger partial charge in [0.2, 0.25) is 0 Å². The minimum absolute atomic E-state index is 0.447. The first-order valence-corrected chi connectivity index (χ1v) is 7.79. The van der Waals surface area contributed by atoms with Gasteiger partial charge in [0.1, 0.15) is 0 Å². The summed E-state index contributed by atoms with van der Waals surface area (Å²) in [6.45, 7) is 8.26. The Hall–Kier alpha value is -1.61. The first-order chi connectivity index (χ1) is 9.96. The molecule has 1 aromatic carbocycles. The van der Waals surface area contributed by atoms with E-state index in [9.17, 15) is 5.11 Å². The third-order valence-corrected chi connectivity index (χ3v) is 4.18. The van der Waals surface area contributed by atoms with Crippen molar-refractivity contribution in [2.75, 3.05) is 0 Å². The van der Waals surface area contributed by atoms with Crippen molar-refractivity contribution in [2.45, 2.75) is 58.6 Å². The van der Waals surface area contributed by atoms with Crippen LogP contribution in [0.25, 0.3) is 0 Å². The third kappa shape index (κ3) is 3.73. The van der Waals surface area contributed by atoms with Crippen molar-refractivity contribution in [1.82, 2.24) is 9.78 Å². The lowest BCUT2D eigenvalue weighted by Crippen LogP contribution is -2.24. The zero-order valence-electron chi connectivity index (χ0n) is 13.5. The average molecular weight is 286 g/mol. The second-order valence-corrected chi connectivity index (χ2v) is 6.07. The van der Waals surface area contributed by atoms with Crippen LogP contribution in [-0.4, -0.2) is 14.9 Å². The van der Waals surface area contributed by atoms with E-state index in [1.807, 2.05) is 48.1 Å². The summed E-state index contributed by atoms with van der Waals surface area (Å²) < 4.78 is 2.03. The molecule has 0 saturated heterocycles. The predicted molar refractivity (Wildman–Crippen MR) is 86.3 cm³/mol. The van der Waals surface area contributed by atoms with E-state index >= 15 is 0 Å². The molecule has 3 heteroatoms. The summed E-state index contributed by atoms with van der Waals surface area (Å²) in [6, 6.07) is 10.5. The van der Waals surface area contributed by atoms with E-state index in [2.05, 4.69) is 25.9 Å². The molecule has 1 atom stereocenters. The Morgan fingerprint density at radius 1 is 1.14 bits per heavy atom. The first kappa shape index (κ1) is 15.8. The molecule has 0 spiro atoms. The van der Waals surface area contributed by atoms with Gasteiger partial charge in [-0.1, -0.05) is 43.7 Å². The lowest BCUT2D eigenvalue weighted by Gasteiger charge is -2.23. The van der Waals surface area contributed by atoms with Gasteiger partial charge in [-0.3, -0.25) is 4.68 Å². The molecule has 0 radical (unpaired) electrons. The topological polar surface area (TPSA) is 38.0 Å². The van der Waals surface area contributed by atoms with E-state index < -0.39 is 5.60 Å². The van der Waals surface area contributed by atoms with E-state index in [1.54, 1.807) is 0 Å². The maximum atomic E-state index is 10.7. The van der Waals surface area contributed by atoms with Crippen LogP contribution in [0.15, 0.2) is 36.5 Å². The maximum Gasteiger partial charge on any atom is 0.0924 e. The molecule has 114 valence electrons. The fourth-order valence-corrected chi connectivity index (χ4v) is 2.71. The molecule has 21 heavy (non-hydrogen) atoms. The number of nitrogens with zero attached hydrogens (tertiary/aromatic N) is 2. The van der Waals surface area contributed by atoms with E-state index in [4.69, 9.17) is 0 Å². The first-order valence-electron chi connectivity index (χ1n) is 7.79. The molecule has 2 rings (SSSR count). The molecule has 1 heterocycles. The number of aryl methyl sites for hydroxylation is 1. The Morgan fingerprint density at radius 3 is 2.33 bits per heavy atom. The minimum Gasteiger partial charge on any atom is -0.385 e. The summed E-state index contributed by atoms with van der Waals surface area (Å²) >= 11 is 0. The summed E-state index contributed by atoms with van der Waals surface area (Å²) in [5, 5.41) is 15.4. The Bertz CT molecular complexity index is 565. The van der Waals surface area contributed by atoms with Crippen LogP contribution in [0.5, 0.6) is 0 Å². The van der Waals surface area contributed by atoms with Gasteiger partial charge in [-0.25, -0.2) is 0 Å². The van der Waals surface area contributed by atoms with Gasteiger partial charge in [-0.15, -0.1) is 0 Å². The lowest BCUT2D eigenvalue weighted by atomic mass is 9.91. The van der Waals surface area contributed by atoms with Crippen LogP contribution in [0.3, 0.4) is 0 Å². The van der Waals surface area contributed by atoms with Crippen molar-refractivity contribution >= 4 is 0 Å². The van der Waals surface area contributed by atoms with Crippen molar-refractivity contribution in [3.63, 3.8) is 0 Å². The van der Waals surface area contributed by atoms with E-state index in [1.165, 1.54) is 5.56 Å². The quantitative estimate of drug-likeness (QED) is 0.871. The normalized spacial score (nSPS) is 14.4. The van der Waals surface area contributed by atoms with Crippen molar-refractivity contribution in [3.05, 3.63) is 53.3 Å². The van der Waals surface area contributed by atoms with E-state index in [0.29, 0.717) is 12.5 Å². The molecule has 0 aliphatic heterocycles. The lowest BCUT2D eigenvalue weighted by molar-refractivity contribution is 0.0563. The summed E-state index contributed by atoms with van der Waals surface area (Å²) in [5.41, 5.74) is 2.19. The van der Waals surface area contributed by atoms with Crippen LogP contribution >= 0.6 is 0 Å². The number of aromatic nitrogens is 2. The highest BCUT2D eigenvalue weighted by molar-refractivity contribution is 5.27. The Kier molecular flexibility index (Phi) is 4.84. The molecule has 3 nitrogen and oxygen atoms in total. The number of hydrogen-bond donors (Lipinski definition) is 1. The van der Waals surface area contributed by atoms with Crippen LogP contribution in [0.4, 0.5) is 0 Å². The van der Waals surface area contributed by atoms with Gasteiger partial charge in [-0.2, -0.15) is 5.10 Å². The number of rotatable bonds is 6. The molecule has 0 fully saturated rings. The highest BCUT2D eigenvalue weighted by atomic mass is 16.3. The molecule has 0 amide bonds. The van der Waals surface area contributed by atoms with E-state index in [-0.39, 0.29) is 0 Å². The summed E-state index contributed by atoms with van der Waals surface area (Å²) in [7, 11) is 0. The highest BCUT2D eigenvalue weighted by Crippen LogP contribution is 2.25. The average Bonchev–Trinajstić information content (AvgIpc) is 2.88. The van der Waals surface area contributed by atoms with Gasteiger partial charge < -0.3 is 5.11 Å². The van der Waals surface area contributed by atoms with Gasteiger partial charge in [0.05, 0.1) is 17.3 Å². The van der Waals surface area contributed by atoms with Crippen LogP contribution in [0.1, 0.15) is 56.5 Å². The molecule has 2 aromatic rings. The smallest absolute Gasteiger partial charge is 0.0924 e. The van der Waals surface area contributed by atoms with Crippen molar-refractivity contribution in [2.24, 2.45) is 0 Å². The van der Waals surface area contributed by atoms with Gasteiger partial charge in [0.15, 0.2) is 0 Å². The van der Waals surface area contributed by atoms with Crippen LogP contribution in [0, 0.1) is 6.92 Å². The Labute approximate surface area is 127 Å². The molecule has 1 aromatic heterocycles. The largest absolute Gasteiger partial charge is 0.385 e. The molecule has 0 bridgehead atoms. The van der Waals surface area contributed by atoms with Crippen LogP contribution in [0.2, 0.25) is 0 Å². The SMILES string of the molecule is CCC(CC)n1ccc(CC(C)(O)c2ccc(C)cc2)n1. The van der Waals surface area contributed by atoms with Crippen molar-refractivity contribution in [1.29, 1.82) is 0 Å². The van der Waals surface area contributed by atoms with Gasteiger partial charge >= 0.3 is 0 Å². The van der Waals surface area contributed by atoms with Crippen molar-refractivity contribution in [3.8, 4) is 0 Å². The number of aliphatic hydroxyl groups is 1. The van der Waals surface area contributed by atoms with Crippen molar-refractivity contribution < 1.29 is 5.11 Å². The molecule has 1 N–H and O–H groups in total.